The lowest BCUT2D eigenvalue weighted by atomic mass is 10.3. The Bertz CT molecular complexity index is 291. The van der Waals surface area contributed by atoms with Crippen LogP contribution in [-0.2, 0) is 6.42 Å². The number of rotatable bonds is 2. The molecule has 1 heterocycles. The van der Waals surface area contributed by atoms with Gasteiger partial charge in [-0.25, -0.2) is 4.98 Å². The van der Waals surface area contributed by atoms with Crippen LogP contribution in [0.1, 0.15) is 5.69 Å². The molecule has 0 fully saturated rings. The highest BCUT2D eigenvalue weighted by molar-refractivity contribution is 6.32. The van der Waals surface area contributed by atoms with Crippen molar-refractivity contribution in [3.05, 3.63) is 10.8 Å². The summed E-state index contributed by atoms with van der Waals surface area (Å²) in [6, 6.07) is 0. The Kier molecular flexibility index (Phi) is 2.67. The normalized spacial score (nSPS) is 10.2. The molecule has 0 unspecified atom stereocenters. The molecule has 0 spiro atoms. The van der Waals surface area contributed by atoms with Crippen LogP contribution in [0.15, 0.2) is 0 Å². The number of aromatic nitrogens is 2. The van der Waals surface area contributed by atoms with Gasteiger partial charge in [0.25, 0.3) is 0 Å². The smallest absolute Gasteiger partial charge is 0.221 e. The topological polar surface area (TPSA) is 98.0 Å². The van der Waals surface area contributed by atoms with Crippen LogP contribution in [0.3, 0.4) is 0 Å². The molecule has 1 aromatic rings. The van der Waals surface area contributed by atoms with Crippen LogP contribution in [0.5, 0.6) is 0 Å². The number of hydrogen-bond donors (Lipinski definition) is 3. The molecule has 0 saturated carbocycles. The molecule has 0 aliphatic rings. The van der Waals surface area contributed by atoms with Gasteiger partial charge in [-0.2, -0.15) is 4.98 Å². The van der Waals surface area contributed by atoms with E-state index in [2.05, 4.69) is 9.97 Å². The number of aliphatic hydroxyl groups excluding tert-OH is 1. The third kappa shape index (κ3) is 1.75. The first-order chi connectivity index (χ1) is 5.65. The first kappa shape index (κ1) is 9.02. The summed E-state index contributed by atoms with van der Waals surface area (Å²) in [6.07, 6.45) is 0.332. The second-order valence-corrected chi connectivity index (χ2v) is 2.56. The molecule has 12 heavy (non-hydrogen) atoms. The van der Waals surface area contributed by atoms with Crippen molar-refractivity contribution in [1.82, 2.24) is 9.97 Å². The summed E-state index contributed by atoms with van der Waals surface area (Å²) >= 11 is 5.62. The molecule has 0 bridgehead atoms. The van der Waals surface area contributed by atoms with Gasteiger partial charge in [0, 0.05) is 13.0 Å². The maximum absolute atomic E-state index is 8.63. The molecule has 0 aliphatic heterocycles. The molecule has 0 radical (unpaired) electrons. The Morgan fingerprint density at radius 2 is 2.00 bits per heavy atom. The molecule has 1 rings (SSSR count). The van der Waals surface area contributed by atoms with E-state index < -0.39 is 0 Å². The fourth-order valence-corrected chi connectivity index (χ4v) is 0.995. The molecule has 0 atom stereocenters. The predicted molar refractivity (Wildman–Crippen MR) is 46.7 cm³/mol. The number of anilines is 2. The minimum atomic E-state index is -0.0447. The highest BCUT2D eigenvalue weighted by atomic mass is 35.5. The van der Waals surface area contributed by atoms with E-state index >= 15 is 0 Å². The molecule has 5 N–H and O–H groups in total. The van der Waals surface area contributed by atoms with Crippen molar-refractivity contribution < 1.29 is 5.11 Å². The van der Waals surface area contributed by atoms with Gasteiger partial charge in [0.15, 0.2) is 5.15 Å². The van der Waals surface area contributed by atoms with Gasteiger partial charge in [0.05, 0.1) is 11.4 Å². The zero-order valence-corrected chi connectivity index (χ0v) is 7.04. The molecular formula is C6H9ClN4O. The monoisotopic (exact) mass is 188 g/mol. The number of hydrogen-bond acceptors (Lipinski definition) is 5. The van der Waals surface area contributed by atoms with Crippen LogP contribution in [0.2, 0.25) is 5.15 Å². The Labute approximate surface area is 74.4 Å². The maximum atomic E-state index is 8.63. The largest absolute Gasteiger partial charge is 0.396 e. The SMILES string of the molecule is Nc1nc(Cl)c(N)c(CCO)n1. The van der Waals surface area contributed by atoms with Crippen molar-refractivity contribution in [3.63, 3.8) is 0 Å². The summed E-state index contributed by atoms with van der Waals surface area (Å²) in [5.74, 6) is 0.0673. The molecule has 0 saturated heterocycles. The van der Waals surface area contributed by atoms with E-state index in [0.717, 1.165) is 0 Å². The number of halogens is 1. The van der Waals surface area contributed by atoms with Crippen LogP contribution in [-0.4, -0.2) is 21.7 Å². The van der Waals surface area contributed by atoms with Gasteiger partial charge in [-0.05, 0) is 0 Å². The van der Waals surface area contributed by atoms with Crippen molar-refractivity contribution in [3.8, 4) is 0 Å². The van der Waals surface area contributed by atoms with Gasteiger partial charge in [0.1, 0.15) is 0 Å². The maximum Gasteiger partial charge on any atom is 0.221 e. The van der Waals surface area contributed by atoms with E-state index in [1.54, 1.807) is 0 Å². The Morgan fingerprint density at radius 3 is 2.58 bits per heavy atom. The Morgan fingerprint density at radius 1 is 1.33 bits per heavy atom. The average molecular weight is 189 g/mol. The summed E-state index contributed by atoms with van der Waals surface area (Å²) in [5.41, 5.74) is 11.6. The fraction of sp³-hybridized carbons (Fsp3) is 0.333. The molecular weight excluding hydrogens is 180 g/mol. The summed E-state index contributed by atoms with van der Waals surface area (Å²) in [4.78, 5) is 7.46. The zero-order chi connectivity index (χ0) is 9.14. The first-order valence-electron chi connectivity index (χ1n) is 3.33. The molecule has 0 aromatic carbocycles. The second kappa shape index (κ2) is 3.55. The van der Waals surface area contributed by atoms with Gasteiger partial charge in [0.2, 0.25) is 5.95 Å². The lowest BCUT2D eigenvalue weighted by Gasteiger charge is -2.04. The zero-order valence-electron chi connectivity index (χ0n) is 6.29. The quantitative estimate of drug-likeness (QED) is 0.560. The molecule has 0 amide bonds. The van der Waals surface area contributed by atoms with Crippen molar-refractivity contribution in [2.24, 2.45) is 0 Å². The Hall–Kier alpha value is -1.07. The van der Waals surface area contributed by atoms with Crippen molar-refractivity contribution in [1.29, 1.82) is 0 Å². The predicted octanol–water partition coefficient (Wildman–Crippen LogP) is -0.171. The average Bonchev–Trinajstić information content (AvgIpc) is 2.00. The van der Waals surface area contributed by atoms with Crippen molar-refractivity contribution in [2.45, 2.75) is 6.42 Å². The highest BCUT2D eigenvalue weighted by Gasteiger charge is 2.07. The fourth-order valence-electron chi connectivity index (χ4n) is 0.800. The summed E-state index contributed by atoms with van der Waals surface area (Å²) in [5, 5.41) is 8.76. The van der Waals surface area contributed by atoms with E-state index in [1.165, 1.54) is 0 Å². The van der Waals surface area contributed by atoms with Gasteiger partial charge in [-0.3, -0.25) is 0 Å². The number of nitrogen functional groups attached to an aromatic ring is 2. The van der Waals surface area contributed by atoms with Crippen LogP contribution in [0.25, 0.3) is 0 Å². The summed E-state index contributed by atoms with van der Waals surface area (Å²) < 4.78 is 0. The van der Waals surface area contributed by atoms with Crippen LogP contribution in [0, 0.1) is 0 Å². The number of aliphatic hydroxyl groups is 1. The Balaban J connectivity index is 3.09. The molecule has 6 heteroatoms. The summed E-state index contributed by atoms with van der Waals surface area (Å²) in [7, 11) is 0. The third-order valence-electron chi connectivity index (χ3n) is 1.34. The van der Waals surface area contributed by atoms with Crippen molar-refractivity contribution in [2.75, 3.05) is 18.1 Å². The molecule has 66 valence electrons. The molecule has 1 aromatic heterocycles. The lowest BCUT2D eigenvalue weighted by molar-refractivity contribution is 0.298. The van der Waals surface area contributed by atoms with E-state index in [1.807, 2.05) is 0 Å². The number of nitrogens with two attached hydrogens (primary N) is 2. The van der Waals surface area contributed by atoms with Gasteiger partial charge in [-0.1, -0.05) is 11.6 Å². The van der Waals surface area contributed by atoms with Crippen LogP contribution in [0.4, 0.5) is 11.6 Å². The number of nitrogens with zero attached hydrogens (tertiary/aromatic N) is 2. The highest BCUT2D eigenvalue weighted by Crippen LogP contribution is 2.19. The van der Waals surface area contributed by atoms with Gasteiger partial charge < -0.3 is 16.6 Å². The first-order valence-corrected chi connectivity index (χ1v) is 3.71. The van der Waals surface area contributed by atoms with Gasteiger partial charge >= 0.3 is 0 Å². The van der Waals surface area contributed by atoms with E-state index in [4.69, 9.17) is 28.2 Å². The van der Waals surface area contributed by atoms with Crippen LogP contribution >= 0.6 is 11.6 Å². The van der Waals surface area contributed by atoms with Crippen molar-refractivity contribution >= 4 is 23.2 Å². The second-order valence-electron chi connectivity index (χ2n) is 2.21. The van der Waals surface area contributed by atoms with Gasteiger partial charge in [-0.15, -0.1) is 0 Å². The van der Waals surface area contributed by atoms with E-state index in [0.29, 0.717) is 12.1 Å². The van der Waals surface area contributed by atoms with E-state index in [-0.39, 0.29) is 23.4 Å². The lowest BCUT2D eigenvalue weighted by Crippen LogP contribution is -2.06. The minimum Gasteiger partial charge on any atom is -0.396 e. The summed E-state index contributed by atoms with van der Waals surface area (Å²) in [6.45, 7) is -0.0447. The standard InChI is InChI=1S/C6H9ClN4O/c7-5-4(8)3(1-2-12)10-6(9)11-5/h12H,1-2,8H2,(H2,9,10,11). The molecule has 0 aliphatic carbocycles. The third-order valence-corrected chi connectivity index (χ3v) is 1.63. The van der Waals surface area contributed by atoms with E-state index in [9.17, 15) is 0 Å². The van der Waals surface area contributed by atoms with Crippen LogP contribution < -0.4 is 11.5 Å². The molecule has 5 nitrogen and oxygen atoms in total. The minimum absolute atomic E-state index is 0.0447.